The summed E-state index contributed by atoms with van der Waals surface area (Å²) >= 11 is 0. The number of carbonyl (C=O) groups excluding carboxylic acids is 1. The second-order valence-corrected chi connectivity index (χ2v) is 5.18. The molecule has 0 aromatic carbocycles. The predicted octanol–water partition coefficient (Wildman–Crippen LogP) is 2.83. The van der Waals surface area contributed by atoms with Gasteiger partial charge in [-0.2, -0.15) is 5.26 Å². The first kappa shape index (κ1) is 9.71. The Morgan fingerprint density at radius 1 is 1.29 bits per heavy atom. The molecule has 0 unspecified atom stereocenters. The number of ketones is 1. The van der Waals surface area contributed by atoms with E-state index in [0.29, 0.717) is 18.6 Å². The Labute approximate surface area is 85.3 Å². The molecule has 0 amide bonds. The first-order valence-corrected chi connectivity index (χ1v) is 5.55. The van der Waals surface area contributed by atoms with Gasteiger partial charge in [0.2, 0.25) is 0 Å². The molecule has 2 rings (SSSR count). The minimum absolute atomic E-state index is 0.119. The van der Waals surface area contributed by atoms with Gasteiger partial charge in [0.05, 0.1) is 11.5 Å². The summed E-state index contributed by atoms with van der Waals surface area (Å²) in [5.74, 6) is 0.297. The van der Waals surface area contributed by atoms with E-state index >= 15 is 0 Å². The minimum Gasteiger partial charge on any atom is -0.300 e. The fraction of sp³-hybridized carbons (Fsp3) is 0.833. The first-order chi connectivity index (χ1) is 6.62. The smallest absolute Gasteiger partial charge is 0.134 e. The number of carbonyl (C=O) groups is 1. The third-order valence-electron chi connectivity index (χ3n) is 4.41. The molecule has 2 aliphatic carbocycles. The first-order valence-electron chi connectivity index (χ1n) is 5.55. The molecule has 0 spiro atoms. The van der Waals surface area contributed by atoms with Crippen molar-refractivity contribution in [3.63, 3.8) is 0 Å². The summed E-state index contributed by atoms with van der Waals surface area (Å²) < 4.78 is 0. The Hall–Kier alpha value is -0.840. The molecule has 0 heterocycles. The van der Waals surface area contributed by atoms with Gasteiger partial charge in [-0.25, -0.2) is 0 Å². The molecule has 0 saturated heterocycles. The zero-order valence-electron chi connectivity index (χ0n) is 8.81. The quantitative estimate of drug-likeness (QED) is 0.590. The summed E-state index contributed by atoms with van der Waals surface area (Å²) in [4.78, 5) is 11.5. The van der Waals surface area contributed by atoms with Crippen molar-refractivity contribution in [3.8, 4) is 6.07 Å². The molecule has 2 aliphatic rings. The van der Waals surface area contributed by atoms with Crippen LogP contribution in [0.1, 0.15) is 51.9 Å². The Morgan fingerprint density at radius 3 is 2.71 bits per heavy atom. The van der Waals surface area contributed by atoms with E-state index < -0.39 is 0 Å². The lowest BCUT2D eigenvalue weighted by molar-refractivity contribution is -0.129. The monoisotopic (exact) mass is 191 g/mol. The maximum absolute atomic E-state index is 11.5. The van der Waals surface area contributed by atoms with Gasteiger partial charge in [0.15, 0.2) is 0 Å². The molecular formula is C12H17NO. The second kappa shape index (κ2) is 3.08. The number of nitrogens with zero attached hydrogens (tertiary/aromatic N) is 1. The van der Waals surface area contributed by atoms with E-state index in [1.165, 1.54) is 6.42 Å². The fourth-order valence-corrected chi connectivity index (χ4v) is 3.22. The average molecular weight is 191 g/mol. The average Bonchev–Trinajstić information content (AvgIpc) is 2.19. The Morgan fingerprint density at radius 2 is 2.00 bits per heavy atom. The van der Waals surface area contributed by atoms with Crippen molar-refractivity contribution in [2.24, 2.45) is 10.8 Å². The molecule has 0 bridgehead atoms. The maximum atomic E-state index is 11.5. The van der Waals surface area contributed by atoms with Crippen LogP contribution in [0.3, 0.4) is 0 Å². The van der Waals surface area contributed by atoms with E-state index in [4.69, 9.17) is 0 Å². The zero-order valence-corrected chi connectivity index (χ0v) is 8.81. The summed E-state index contributed by atoms with van der Waals surface area (Å²) in [6.45, 7) is 2.21. The molecule has 0 aliphatic heterocycles. The lowest BCUT2D eigenvalue weighted by Crippen LogP contribution is -2.46. The zero-order chi connectivity index (χ0) is 10.2. The van der Waals surface area contributed by atoms with Crippen LogP contribution in [0, 0.1) is 22.2 Å². The number of fused-ring (bicyclic) bond motifs is 1. The van der Waals surface area contributed by atoms with Gasteiger partial charge in [-0.3, -0.25) is 4.79 Å². The van der Waals surface area contributed by atoms with Gasteiger partial charge in [0, 0.05) is 12.8 Å². The molecule has 0 aromatic heterocycles. The molecule has 14 heavy (non-hydrogen) atoms. The largest absolute Gasteiger partial charge is 0.300 e. The van der Waals surface area contributed by atoms with Gasteiger partial charge in [-0.05, 0) is 24.7 Å². The molecule has 2 heteroatoms. The van der Waals surface area contributed by atoms with Gasteiger partial charge in [-0.1, -0.05) is 19.8 Å². The van der Waals surface area contributed by atoms with Crippen LogP contribution in [0.5, 0.6) is 0 Å². The minimum atomic E-state index is -0.319. The van der Waals surface area contributed by atoms with Crippen LogP contribution in [0.15, 0.2) is 0 Å². The highest BCUT2D eigenvalue weighted by molar-refractivity contribution is 5.80. The number of nitriles is 1. The third-order valence-corrected chi connectivity index (χ3v) is 4.41. The van der Waals surface area contributed by atoms with Gasteiger partial charge in [-0.15, -0.1) is 0 Å². The topological polar surface area (TPSA) is 40.9 Å². The van der Waals surface area contributed by atoms with Crippen LogP contribution in [0.2, 0.25) is 0 Å². The van der Waals surface area contributed by atoms with Crippen molar-refractivity contribution in [2.45, 2.75) is 51.9 Å². The molecule has 2 saturated carbocycles. The van der Waals surface area contributed by atoms with E-state index in [2.05, 4.69) is 13.0 Å². The van der Waals surface area contributed by atoms with Crippen molar-refractivity contribution in [3.05, 3.63) is 0 Å². The van der Waals surface area contributed by atoms with Crippen molar-refractivity contribution in [1.82, 2.24) is 0 Å². The summed E-state index contributed by atoms with van der Waals surface area (Å²) in [7, 11) is 0. The molecule has 0 radical (unpaired) electrons. The number of hydrogen-bond acceptors (Lipinski definition) is 2. The highest BCUT2D eigenvalue weighted by Crippen LogP contribution is 2.57. The van der Waals surface area contributed by atoms with E-state index in [0.717, 1.165) is 25.7 Å². The SMILES string of the molecule is C[C@]12CCCC[C@@]1(C#N)CC(=O)CC2. The van der Waals surface area contributed by atoms with Crippen LogP contribution in [-0.2, 0) is 4.79 Å². The number of hydrogen-bond donors (Lipinski definition) is 0. The fourth-order valence-electron chi connectivity index (χ4n) is 3.22. The molecule has 0 aromatic rings. The molecule has 2 nitrogen and oxygen atoms in total. The van der Waals surface area contributed by atoms with Crippen molar-refractivity contribution < 1.29 is 4.79 Å². The van der Waals surface area contributed by atoms with Crippen LogP contribution in [0.25, 0.3) is 0 Å². The summed E-state index contributed by atoms with van der Waals surface area (Å²) in [5.41, 5.74) is -0.200. The van der Waals surface area contributed by atoms with Crippen molar-refractivity contribution in [2.75, 3.05) is 0 Å². The molecule has 76 valence electrons. The van der Waals surface area contributed by atoms with Gasteiger partial charge in [0.25, 0.3) is 0 Å². The highest BCUT2D eigenvalue weighted by atomic mass is 16.1. The summed E-state index contributed by atoms with van der Waals surface area (Å²) in [6.07, 6.45) is 6.56. The number of Topliss-reactive ketones (excluding diaryl/α,β-unsaturated/α-hetero) is 1. The molecular weight excluding hydrogens is 174 g/mol. The lowest BCUT2D eigenvalue weighted by atomic mass is 9.51. The van der Waals surface area contributed by atoms with Gasteiger partial charge < -0.3 is 0 Å². The van der Waals surface area contributed by atoms with Crippen molar-refractivity contribution in [1.29, 1.82) is 5.26 Å². The lowest BCUT2D eigenvalue weighted by Gasteiger charge is -2.50. The molecule has 2 fully saturated rings. The normalized spacial score (nSPS) is 42.7. The standard InChI is InChI=1S/C12H17NO/c1-11-5-2-3-6-12(11,9-13)8-10(14)4-7-11/h2-8H2,1H3/t11-,12+/m1/s1. The predicted molar refractivity (Wildman–Crippen MR) is 53.5 cm³/mol. The molecule has 0 N–H and O–H groups in total. The number of rotatable bonds is 0. The van der Waals surface area contributed by atoms with Gasteiger partial charge >= 0.3 is 0 Å². The third kappa shape index (κ3) is 1.19. The van der Waals surface area contributed by atoms with E-state index in [-0.39, 0.29) is 10.8 Å². The van der Waals surface area contributed by atoms with Crippen molar-refractivity contribution >= 4 is 5.78 Å². The summed E-state index contributed by atoms with van der Waals surface area (Å²) in [5, 5.41) is 9.36. The van der Waals surface area contributed by atoms with Crippen LogP contribution in [0.4, 0.5) is 0 Å². The second-order valence-electron chi connectivity index (χ2n) is 5.18. The Balaban J connectivity index is 2.35. The summed E-state index contributed by atoms with van der Waals surface area (Å²) in [6, 6.07) is 2.47. The molecule has 2 atom stereocenters. The van der Waals surface area contributed by atoms with Crippen LogP contribution in [-0.4, -0.2) is 5.78 Å². The maximum Gasteiger partial charge on any atom is 0.134 e. The Kier molecular flexibility index (Phi) is 2.14. The van der Waals surface area contributed by atoms with E-state index in [1.807, 2.05) is 0 Å². The van der Waals surface area contributed by atoms with E-state index in [9.17, 15) is 10.1 Å². The van der Waals surface area contributed by atoms with Gasteiger partial charge in [0.1, 0.15) is 5.78 Å². The van der Waals surface area contributed by atoms with E-state index in [1.54, 1.807) is 0 Å². The van der Waals surface area contributed by atoms with Crippen LogP contribution < -0.4 is 0 Å². The van der Waals surface area contributed by atoms with Crippen LogP contribution >= 0.6 is 0 Å². The highest BCUT2D eigenvalue weighted by Gasteiger charge is 2.53. The Bertz CT molecular complexity index is 304.